The number of rotatable bonds is 4. The average molecular weight is 401 g/mol. The van der Waals surface area contributed by atoms with Crippen LogP contribution in [0.4, 0.5) is 0 Å². The lowest BCUT2D eigenvalue weighted by Gasteiger charge is -2.02. The van der Waals surface area contributed by atoms with Gasteiger partial charge in [0.15, 0.2) is 4.47 Å². The summed E-state index contributed by atoms with van der Waals surface area (Å²) in [6.07, 6.45) is 3.35. The summed E-state index contributed by atoms with van der Waals surface area (Å²) in [6, 6.07) is 12.6. The summed E-state index contributed by atoms with van der Waals surface area (Å²) in [5, 5.41) is 10.8. The molecule has 27 heavy (non-hydrogen) atoms. The highest BCUT2D eigenvalue weighted by Gasteiger charge is 2.32. The third-order valence-corrected chi connectivity index (χ3v) is 5.19. The van der Waals surface area contributed by atoms with E-state index in [-0.39, 0.29) is 11.6 Å². The van der Waals surface area contributed by atoms with Gasteiger partial charge in [-0.05, 0) is 25.1 Å². The minimum atomic E-state index is -0.640. The molecule has 0 saturated heterocycles. The predicted molar refractivity (Wildman–Crippen MR) is 102 cm³/mol. The molecule has 136 valence electrons. The lowest BCUT2D eigenvalue weighted by molar-refractivity contribution is -0.667. The molecule has 0 saturated carbocycles. The molecule has 0 unspecified atom stereocenters. The Bertz CT molecular complexity index is 1140. The number of imidazole rings is 1. The molecule has 0 aliphatic heterocycles. The van der Waals surface area contributed by atoms with Crippen molar-refractivity contribution in [1.82, 2.24) is 9.38 Å². The van der Waals surface area contributed by atoms with Gasteiger partial charge in [-0.15, -0.1) is 11.3 Å². The van der Waals surface area contributed by atoms with Crippen molar-refractivity contribution in [3.8, 4) is 11.6 Å². The van der Waals surface area contributed by atoms with Crippen LogP contribution in [0.15, 0.2) is 54.9 Å². The number of thiazole rings is 1. The molecular formula is C19H15ClN3O3S+. The molecule has 0 aliphatic carbocycles. The van der Waals surface area contributed by atoms with Crippen LogP contribution >= 0.6 is 22.9 Å². The van der Waals surface area contributed by atoms with Crippen LogP contribution in [0.1, 0.15) is 20.9 Å². The summed E-state index contributed by atoms with van der Waals surface area (Å²) in [6.45, 7) is 2.29. The maximum atomic E-state index is 12.8. The molecule has 1 aromatic carbocycles. The smallest absolute Gasteiger partial charge is 0.392 e. The van der Waals surface area contributed by atoms with Crippen molar-refractivity contribution < 1.29 is 19.2 Å². The lowest BCUT2D eigenvalue weighted by Crippen LogP contribution is -2.33. The van der Waals surface area contributed by atoms with Crippen molar-refractivity contribution in [1.29, 1.82) is 0 Å². The summed E-state index contributed by atoms with van der Waals surface area (Å²) in [4.78, 5) is 17.6. The highest BCUT2D eigenvalue weighted by Crippen LogP contribution is 2.23. The van der Waals surface area contributed by atoms with Crippen molar-refractivity contribution in [3.05, 3.63) is 75.5 Å². The lowest BCUT2D eigenvalue weighted by atomic mass is 10.2. The Morgan fingerprint density at radius 1 is 1.30 bits per heavy atom. The number of hydrogen-bond acceptors (Lipinski definition) is 5. The molecule has 0 bridgehead atoms. The highest BCUT2D eigenvalue weighted by atomic mass is 35.5. The van der Waals surface area contributed by atoms with Crippen LogP contribution in [-0.4, -0.2) is 20.5 Å². The average Bonchev–Trinajstić information content (AvgIpc) is 3.19. The minimum Gasteiger partial charge on any atom is -0.474 e. The van der Waals surface area contributed by atoms with Crippen LogP contribution in [0.5, 0.6) is 11.6 Å². The highest BCUT2D eigenvalue weighted by molar-refractivity contribution is 7.15. The van der Waals surface area contributed by atoms with Crippen LogP contribution in [0.2, 0.25) is 4.47 Å². The molecule has 8 heteroatoms. The quantitative estimate of drug-likeness (QED) is 0.323. The Kier molecular flexibility index (Phi) is 4.55. The summed E-state index contributed by atoms with van der Waals surface area (Å²) in [7, 11) is 0. The summed E-state index contributed by atoms with van der Waals surface area (Å²) >= 11 is 7.22. The Hall–Kier alpha value is -2.90. The predicted octanol–water partition coefficient (Wildman–Crippen LogP) is 3.62. The van der Waals surface area contributed by atoms with Gasteiger partial charge in [0.05, 0.1) is 11.1 Å². The SMILES string of the molecule is Cc1ccc(OC(=O)c2c(O)[n+](Cc3cnc(Cl)s3)c3ccccn23)cc1. The van der Waals surface area contributed by atoms with Gasteiger partial charge in [-0.25, -0.2) is 9.78 Å². The summed E-state index contributed by atoms with van der Waals surface area (Å²) < 4.78 is 9.10. The minimum absolute atomic E-state index is 0.0572. The number of hydrogen-bond donors (Lipinski definition) is 1. The number of carbonyl (C=O) groups is 1. The van der Waals surface area contributed by atoms with E-state index in [4.69, 9.17) is 16.3 Å². The van der Waals surface area contributed by atoms with E-state index in [1.54, 1.807) is 39.6 Å². The molecule has 1 N–H and O–H groups in total. The molecule has 0 radical (unpaired) electrons. The van der Waals surface area contributed by atoms with Crippen molar-refractivity contribution >= 4 is 34.6 Å². The third-order valence-electron chi connectivity index (χ3n) is 4.09. The van der Waals surface area contributed by atoms with E-state index in [1.165, 1.54) is 11.3 Å². The van der Waals surface area contributed by atoms with E-state index < -0.39 is 5.97 Å². The molecule has 3 heterocycles. The van der Waals surface area contributed by atoms with Gasteiger partial charge in [-0.2, -0.15) is 8.97 Å². The largest absolute Gasteiger partial charge is 0.474 e. The van der Waals surface area contributed by atoms with E-state index in [9.17, 15) is 9.90 Å². The molecule has 0 amide bonds. The van der Waals surface area contributed by atoms with E-state index in [0.29, 0.717) is 22.4 Å². The van der Waals surface area contributed by atoms with Gasteiger partial charge in [0, 0.05) is 12.3 Å². The first-order chi connectivity index (χ1) is 13.0. The van der Waals surface area contributed by atoms with Gasteiger partial charge in [-0.1, -0.05) is 35.4 Å². The van der Waals surface area contributed by atoms with Gasteiger partial charge in [0.1, 0.15) is 12.3 Å². The number of aryl methyl sites for hydroxylation is 1. The van der Waals surface area contributed by atoms with Gasteiger partial charge in [-0.3, -0.25) is 0 Å². The van der Waals surface area contributed by atoms with Crippen molar-refractivity contribution in [2.24, 2.45) is 0 Å². The number of nitrogens with zero attached hydrogens (tertiary/aromatic N) is 3. The van der Waals surface area contributed by atoms with Gasteiger partial charge >= 0.3 is 17.5 Å². The first kappa shape index (κ1) is 17.5. The Morgan fingerprint density at radius 2 is 2.07 bits per heavy atom. The number of ether oxygens (including phenoxy) is 1. The maximum Gasteiger partial charge on any atom is 0.392 e. The van der Waals surface area contributed by atoms with Crippen LogP contribution in [0.3, 0.4) is 0 Å². The molecule has 4 aromatic rings. The normalized spacial score (nSPS) is 11.0. The molecule has 6 nitrogen and oxygen atoms in total. The fraction of sp³-hybridized carbons (Fsp3) is 0.105. The van der Waals surface area contributed by atoms with E-state index >= 15 is 0 Å². The molecular weight excluding hydrogens is 386 g/mol. The van der Waals surface area contributed by atoms with Gasteiger partial charge in [0.25, 0.3) is 5.65 Å². The van der Waals surface area contributed by atoms with E-state index in [2.05, 4.69) is 4.98 Å². The summed E-state index contributed by atoms with van der Waals surface area (Å²) in [5.41, 5.74) is 1.77. The number of benzene rings is 1. The second-order valence-electron chi connectivity index (χ2n) is 5.97. The Labute approximate surface area is 163 Å². The van der Waals surface area contributed by atoms with Crippen LogP contribution < -0.4 is 9.30 Å². The van der Waals surface area contributed by atoms with Gasteiger partial charge < -0.3 is 9.84 Å². The zero-order valence-electron chi connectivity index (χ0n) is 14.3. The second-order valence-corrected chi connectivity index (χ2v) is 7.67. The first-order valence-corrected chi connectivity index (χ1v) is 9.33. The number of esters is 1. The Balaban J connectivity index is 1.75. The number of aromatic nitrogens is 3. The second kappa shape index (κ2) is 7.02. The van der Waals surface area contributed by atoms with Crippen molar-refractivity contribution in [2.45, 2.75) is 13.5 Å². The number of fused-ring (bicyclic) bond motifs is 1. The Morgan fingerprint density at radius 3 is 2.78 bits per heavy atom. The van der Waals surface area contributed by atoms with Crippen LogP contribution in [0.25, 0.3) is 5.65 Å². The molecule has 3 aromatic heterocycles. The standard InChI is InChI=1S/C19H14ClN3O3S/c1-12-5-7-13(8-6-12)26-18(25)16-17(24)23(11-14-10-21-19(20)27-14)15-4-2-3-9-22(15)16/h2-10H,11H2,1H3/p+1. The zero-order chi connectivity index (χ0) is 19.0. The number of carbonyl (C=O) groups excluding carboxylic acids is 1. The van der Waals surface area contributed by atoms with Crippen molar-refractivity contribution in [2.75, 3.05) is 0 Å². The van der Waals surface area contributed by atoms with Crippen LogP contribution in [0, 0.1) is 6.92 Å². The molecule has 0 spiro atoms. The third kappa shape index (κ3) is 3.39. The van der Waals surface area contributed by atoms with Gasteiger partial charge in [0.2, 0.25) is 0 Å². The van der Waals surface area contributed by atoms with Crippen molar-refractivity contribution in [3.63, 3.8) is 0 Å². The topological polar surface area (TPSA) is 67.7 Å². The monoisotopic (exact) mass is 400 g/mol. The van der Waals surface area contributed by atoms with E-state index in [1.807, 2.05) is 31.2 Å². The van der Waals surface area contributed by atoms with E-state index in [0.717, 1.165) is 10.4 Å². The number of aromatic hydroxyl groups is 1. The van der Waals surface area contributed by atoms with Crippen LogP contribution in [-0.2, 0) is 6.54 Å². The molecule has 0 atom stereocenters. The molecule has 0 aliphatic rings. The molecule has 4 rings (SSSR count). The summed E-state index contributed by atoms with van der Waals surface area (Å²) in [5.74, 6) is -0.404. The zero-order valence-corrected chi connectivity index (χ0v) is 15.9. The molecule has 0 fully saturated rings. The number of pyridine rings is 1. The fourth-order valence-electron chi connectivity index (χ4n) is 2.81. The fourth-order valence-corrected chi connectivity index (χ4v) is 3.77. The number of halogens is 1. The maximum absolute atomic E-state index is 12.8. The first-order valence-electron chi connectivity index (χ1n) is 8.14.